The van der Waals surface area contributed by atoms with Crippen LogP contribution in [0.4, 0.5) is 5.82 Å². The normalized spacial score (nSPS) is 10.5. The first kappa shape index (κ1) is 10.1. The van der Waals surface area contributed by atoms with Gasteiger partial charge < -0.3 is 5.73 Å². The second kappa shape index (κ2) is 3.95. The van der Waals surface area contributed by atoms with Gasteiger partial charge in [-0.3, -0.25) is 4.68 Å². The first-order valence-corrected chi connectivity index (χ1v) is 5.08. The minimum absolute atomic E-state index is 0.541. The van der Waals surface area contributed by atoms with Crippen LogP contribution in [0.5, 0.6) is 0 Å². The van der Waals surface area contributed by atoms with Gasteiger partial charge in [0.2, 0.25) is 0 Å². The highest BCUT2D eigenvalue weighted by molar-refractivity contribution is 6.31. The zero-order valence-corrected chi connectivity index (χ0v) is 9.20. The number of nitrogen functional groups attached to an aromatic ring is 1. The van der Waals surface area contributed by atoms with E-state index in [1.807, 2.05) is 41.9 Å². The lowest BCUT2D eigenvalue weighted by Crippen LogP contribution is -2.04. The third-order valence-corrected chi connectivity index (χ3v) is 2.65. The van der Waals surface area contributed by atoms with E-state index in [4.69, 9.17) is 17.3 Å². The topological polar surface area (TPSA) is 43.8 Å². The molecule has 78 valence electrons. The molecule has 1 heterocycles. The fourth-order valence-corrected chi connectivity index (χ4v) is 1.68. The van der Waals surface area contributed by atoms with Crippen LogP contribution in [0.2, 0.25) is 5.02 Å². The summed E-state index contributed by atoms with van der Waals surface area (Å²) in [4.78, 5) is 0. The van der Waals surface area contributed by atoms with Crippen LogP contribution in [0.1, 0.15) is 11.3 Å². The summed E-state index contributed by atoms with van der Waals surface area (Å²) in [5.41, 5.74) is 7.69. The predicted octanol–water partition coefficient (Wildman–Crippen LogP) is 2.48. The van der Waals surface area contributed by atoms with Crippen molar-refractivity contribution in [1.82, 2.24) is 9.78 Å². The predicted molar refractivity (Wildman–Crippen MR) is 61.9 cm³/mol. The van der Waals surface area contributed by atoms with E-state index in [0.717, 1.165) is 16.3 Å². The first-order chi connectivity index (χ1) is 7.16. The van der Waals surface area contributed by atoms with Crippen LogP contribution in [0.3, 0.4) is 0 Å². The lowest BCUT2D eigenvalue weighted by atomic mass is 10.2. The standard InChI is InChI=1S/C11H12ClN3/c1-8-6-11(13)14-15(8)7-9-4-2-3-5-10(9)12/h2-6H,7H2,1H3,(H2,13,14). The molecule has 0 spiro atoms. The number of halogens is 1. The maximum atomic E-state index is 6.06. The molecular weight excluding hydrogens is 210 g/mol. The van der Waals surface area contributed by atoms with Gasteiger partial charge in [0.05, 0.1) is 6.54 Å². The van der Waals surface area contributed by atoms with Crippen LogP contribution < -0.4 is 5.73 Å². The van der Waals surface area contributed by atoms with E-state index in [0.29, 0.717) is 12.4 Å². The summed E-state index contributed by atoms with van der Waals surface area (Å²) in [7, 11) is 0. The Bertz CT molecular complexity index is 476. The number of aryl methyl sites for hydroxylation is 1. The Morgan fingerprint density at radius 1 is 1.40 bits per heavy atom. The van der Waals surface area contributed by atoms with Gasteiger partial charge in [0.15, 0.2) is 0 Å². The van der Waals surface area contributed by atoms with E-state index in [-0.39, 0.29) is 0 Å². The van der Waals surface area contributed by atoms with Crippen LogP contribution in [0.15, 0.2) is 30.3 Å². The summed E-state index contributed by atoms with van der Waals surface area (Å²) in [6.07, 6.45) is 0. The highest BCUT2D eigenvalue weighted by atomic mass is 35.5. The quantitative estimate of drug-likeness (QED) is 0.847. The number of hydrogen-bond donors (Lipinski definition) is 1. The molecule has 0 aliphatic carbocycles. The van der Waals surface area contributed by atoms with Crippen molar-refractivity contribution in [3.8, 4) is 0 Å². The molecule has 0 bridgehead atoms. The number of hydrogen-bond acceptors (Lipinski definition) is 2. The van der Waals surface area contributed by atoms with Crippen LogP contribution in [-0.2, 0) is 6.54 Å². The van der Waals surface area contributed by atoms with E-state index < -0.39 is 0 Å². The Morgan fingerprint density at radius 3 is 2.73 bits per heavy atom. The fourth-order valence-electron chi connectivity index (χ4n) is 1.48. The number of nitrogens with two attached hydrogens (primary N) is 1. The Kier molecular flexibility index (Phi) is 2.64. The summed E-state index contributed by atoms with van der Waals surface area (Å²) in [5.74, 6) is 0.541. The van der Waals surface area contributed by atoms with Crippen LogP contribution >= 0.6 is 11.6 Å². The van der Waals surface area contributed by atoms with Gasteiger partial charge in [-0.05, 0) is 18.6 Å². The van der Waals surface area contributed by atoms with Crippen molar-refractivity contribution < 1.29 is 0 Å². The van der Waals surface area contributed by atoms with Gasteiger partial charge >= 0.3 is 0 Å². The average molecular weight is 222 g/mol. The van der Waals surface area contributed by atoms with Crippen molar-refractivity contribution in [3.05, 3.63) is 46.6 Å². The number of aromatic nitrogens is 2. The SMILES string of the molecule is Cc1cc(N)nn1Cc1ccccc1Cl. The second-order valence-corrected chi connectivity index (χ2v) is 3.87. The molecule has 2 N–H and O–H groups in total. The van der Waals surface area contributed by atoms with Gasteiger partial charge in [-0.2, -0.15) is 5.10 Å². The Hall–Kier alpha value is -1.48. The van der Waals surface area contributed by atoms with E-state index in [1.165, 1.54) is 0 Å². The van der Waals surface area contributed by atoms with Crippen molar-refractivity contribution >= 4 is 17.4 Å². The molecular formula is C11H12ClN3. The van der Waals surface area contributed by atoms with Crippen molar-refractivity contribution in [3.63, 3.8) is 0 Å². The van der Waals surface area contributed by atoms with Gasteiger partial charge in [0.1, 0.15) is 5.82 Å². The molecule has 0 aliphatic heterocycles. The molecule has 0 amide bonds. The van der Waals surface area contributed by atoms with E-state index in [9.17, 15) is 0 Å². The Balaban J connectivity index is 2.29. The molecule has 1 aromatic heterocycles. The number of rotatable bonds is 2. The molecule has 0 radical (unpaired) electrons. The van der Waals surface area contributed by atoms with E-state index in [1.54, 1.807) is 0 Å². The highest BCUT2D eigenvalue weighted by Crippen LogP contribution is 2.17. The van der Waals surface area contributed by atoms with Gasteiger partial charge in [-0.15, -0.1) is 0 Å². The Morgan fingerprint density at radius 2 is 2.13 bits per heavy atom. The molecule has 0 aliphatic rings. The maximum Gasteiger partial charge on any atom is 0.145 e. The van der Waals surface area contributed by atoms with Crippen LogP contribution in [-0.4, -0.2) is 9.78 Å². The zero-order valence-electron chi connectivity index (χ0n) is 8.44. The highest BCUT2D eigenvalue weighted by Gasteiger charge is 2.04. The van der Waals surface area contributed by atoms with Gasteiger partial charge in [0, 0.05) is 16.8 Å². The maximum absolute atomic E-state index is 6.06. The molecule has 0 saturated carbocycles. The minimum Gasteiger partial charge on any atom is -0.382 e. The molecule has 4 heteroatoms. The summed E-state index contributed by atoms with van der Waals surface area (Å²) >= 11 is 6.06. The molecule has 2 rings (SSSR count). The number of anilines is 1. The van der Waals surface area contributed by atoms with Crippen LogP contribution in [0.25, 0.3) is 0 Å². The largest absolute Gasteiger partial charge is 0.382 e. The number of benzene rings is 1. The molecule has 0 fully saturated rings. The first-order valence-electron chi connectivity index (χ1n) is 4.70. The van der Waals surface area contributed by atoms with Gasteiger partial charge in [0.25, 0.3) is 0 Å². The summed E-state index contributed by atoms with van der Waals surface area (Å²) in [6, 6.07) is 9.58. The van der Waals surface area contributed by atoms with Crippen LogP contribution in [0, 0.1) is 6.92 Å². The third-order valence-electron chi connectivity index (χ3n) is 2.28. The second-order valence-electron chi connectivity index (χ2n) is 3.46. The molecule has 2 aromatic rings. The third kappa shape index (κ3) is 2.13. The lowest BCUT2D eigenvalue weighted by molar-refractivity contribution is 0.668. The molecule has 15 heavy (non-hydrogen) atoms. The smallest absolute Gasteiger partial charge is 0.145 e. The lowest BCUT2D eigenvalue weighted by Gasteiger charge is -2.05. The fraction of sp³-hybridized carbons (Fsp3) is 0.182. The van der Waals surface area contributed by atoms with Crippen molar-refractivity contribution in [2.75, 3.05) is 5.73 Å². The van der Waals surface area contributed by atoms with Gasteiger partial charge in [-0.1, -0.05) is 29.8 Å². The van der Waals surface area contributed by atoms with Gasteiger partial charge in [-0.25, -0.2) is 0 Å². The monoisotopic (exact) mass is 221 g/mol. The van der Waals surface area contributed by atoms with E-state index >= 15 is 0 Å². The summed E-state index contributed by atoms with van der Waals surface area (Å²) in [6.45, 7) is 2.63. The zero-order chi connectivity index (χ0) is 10.8. The molecule has 1 aromatic carbocycles. The van der Waals surface area contributed by atoms with Crippen molar-refractivity contribution in [2.24, 2.45) is 0 Å². The molecule has 0 atom stereocenters. The molecule has 0 unspecified atom stereocenters. The van der Waals surface area contributed by atoms with Crippen molar-refractivity contribution in [1.29, 1.82) is 0 Å². The summed E-state index contributed by atoms with van der Waals surface area (Å²) < 4.78 is 1.84. The Labute approximate surface area is 93.5 Å². The summed E-state index contributed by atoms with van der Waals surface area (Å²) in [5, 5.41) is 4.94. The molecule has 3 nitrogen and oxygen atoms in total. The minimum atomic E-state index is 0.541. The average Bonchev–Trinajstić information content (AvgIpc) is 2.49. The van der Waals surface area contributed by atoms with Crippen molar-refractivity contribution in [2.45, 2.75) is 13.5 Å². The molecule has 0 saturated heterocycles. The number of nitrogens with zero attached hydrogens (tertiary/aromatic N) is 2. The van der Waals surface area contributed by atoms with E-state index in [2.05, 4.69) is 5.10 Å².